The Balaban J connectivity index is 2.03. The summed E-state index contributed by atoms with van der Waals surface area (Å²) in [5.41, 5.74) is 2.86. The van der Waals surface area contributed by atoms with Crippen molar-refractivity contribution in [3.8, 4) is 11.8 Å². The van der Waals surface area contributed by atoms with Crippen LogP contribution in [0, 0.1) is 11.3 Å². The molecular weight excluding hydrogens is 316 g/mol. The predicted molar refractivity (Wildman–Crippen MR) is 82.4 cm³/mol. The van der Waals surface area contributed by atoms with E-state index in [1.807, 2.05) is 37.4 Å². The lowest BCUT2D eigenvalue weighted by Gasteiger charge is -2.10. The Morgan fingerprint density at radius 1 is 1.20 bits per heavy atom. The number of nitriles is 1. The van der Waals surface area contributed by atoms with Gasteiger partial charge in [0.2, 0.25) is 0 Å². The van der Waals surface area contributed by atoms with Crippen LogP contribution in [0.2, 0.25) is 0 Å². The van der Waals surface area contributed by atoms with Gasteiger partial charge in [0, 0.05) is 11.0 Å². The first kappa shape index (κ1) is 14.6. The van der Waals surface area contributed by atoms with Gasteiger partial charge in [-0.05, 0) is 48.5 Å². The molecule has 0 aliphatic rings. The normalized spacial score (nSPS) is 10.1. The molecule has 102 valence electrons. The summed E-state index contributed by atoms with van der Waals surface area (Å²) in [5.74, 6) is 0.836. The number of hydrogen-bond donors (Lipinski definition) is 1. The summed E-state index contributed by atoms with van der Waals surface area (Å²) in [6, 6.07) is 15.5. The van der Waals surface area contributed by atoms with Crippen LogP contribution >= 0.6 is 15.9 Å². The first-order valence-corrected chi connectivity index (χ1v) is 7.07. The minimum absolute atomic E-state index is 0.492. The van der Waals surface area contributed by atoms with Crippen molar-refractivity contribution in [3.63, 3.8) is 0 Å². The van der Waals surface area contributed by atoms with Gasteiger partial charge in [0.15, 0.2) is 0 Å². The minimum atomic E-state index is 0.492. The van der Waals surface area contributed by atoms with Gasteiger partial charge < -0.3 is 10.1 Å². The molecule has 2 rings (SSSR count). The summed E-state index contributed by atoms with van der Waals surface area (Å²) < 4.78 is 6.84. The van der Waals surface area contributed by atoms with Crippen LogP contribution in [-0.2, 0) is 13.2 Å². The summed E-state index contributed by atoms with van der Waals surface area (Å²) in [6.45, 7) is 1.28. The van der Waals surface area contributed by atoms with Gasteiger partial charge in [-0.1, -0.05) is 28.1 Å². The van der Waals surface area contributed by atoms with E-state index in [0.29, 0.717) is 12.2 Å². The van der Waals surface area contributed by atoms with E-state index in [1.165, 1.54) is 0 Å². The second-order valence-electron chi connectivity index (χ2n) is 4.38. The fraction of sp³-hybridized carbons (Fsp3) is 0.188. The fourth-order valence-electron chi connectivity index (χ4n) is 1.81. The van der Waals surface area contributed by atoms with Gasteiger partial charge in [-0.3, -0.25) is 0 Å². The third-order valence-electron chi connectivity index (χ3n) is 2.87. The lowest BCUT2D eigenvalue weighted by molar-refractivity contribution is 0.306. The molecule has 2 aromatic carbocycles. The number of hydrogen-bond acceptors (Lipinski definition) is 3. The molecule has 0 fully saturated rings. The van der Waals surface area contributed by atoms with Crippen LogP contribution in [0.4, 0.5) is 0 Å². The molecule has 4 heteroatoms. The number of ether oxygens (including phenoxy) is 1. The molecule has 0 aromatic heterocycles. The highest BCUT2D eigenvalue weighted by atomic mass is 79.9. The predicted octanol–water partition coefficient (Wildman–Crippen LogP) is 3.62. The van der Waals surface area contributed by atoms with E-state index in [4.69, 9.17) is 10.00 Å². The van der Waals surface area contributed by atoms with Crippen molar-refractivity contribution in [2.45, 2.75) is 13.2 Å². The third-order valence-corrected chi connectivity index (χ3v) is 3.65. The summed E-state index contributed by atoms with van der Waals surface area (Å²) in [4.78, 5) is 0. The highest BCUT2D eigenvalue weighted by Gasteiger charge is 2.02. The van der Waals surface area contributed by atoms with E-state index in [0.717, 1.165) is 27.9 Å². The van der Waals surface area contributed by atoms with Crippen molar-refractivity contribution >= 4 is 15.9 Å². The average molecular weight is 331 g/mol. The highest BCUT2D eigenvalue weighted by molar-refractivity contribution is 9.10. The highest BCUT2D eigenvalue weighted by Crippen LogP contribution is 2.23. The lowest BCUT2D eigenvalue weighted by atomic mass is 10.1. The van der Waals surface area contributed by atoms with Crippen LogP contribution in [0.15, 0.2) is 46.9 Å². The van der Waals surface area contributed by atoms with Gasteiger partial charge in [-0.15, -0.1) is 0 Å². The van der Waals surface area contributed by atoms with Crippen molar-refractivity contribution in [2.24, 2.45) is 0 Å². The molecule has 3 nitrogen and oxygen atoms in total. The van der Waals surface area contributed by atoms with Gasteiger partial charge in [0.25, 0.3) is 0 Å². The van der Waals surface area contributed by atoms with Crippen molar-refractivity contribution < 1.29 is 4.74 Å². The van der Waals surface area contributed by atoms with Crippen LogP contribution in [0.25, 0.3) is 0 Å². The number of rotatable bonds is 5. The summed E-state index contributed by atoms with van der Waals surface area (Å²) in [5, 5.41) is 11.9. The molecule has 0 radical (unpaired) electrons. The third kappa shape index (κ3) is 3.83. The van der Waals surface area contributed by atoms with E-state index in [9.17, 15) is 0 Å². The Morgan fingerprint density at radius 3 is 2.60 bits per heavy atom. The van der Waals surface area contributed by atoms with Gasteiger partial charge >= 0.3 is 0 Å². The monoisotopic (exact) mass is 330 g/mol. The van der Waals surface area contributed by atoms with E-state index < -0.39 is 0 Å². The molecule has 1 N–H and O–H groups in total. The Hall–Kier alpha value is -1.83. The molecule has 2 aromatic rings. The molecular formula is C16H15BrN2O. The SMILES string of the molecule is CNCc1cc(OCc2ccc(C#N)cc2)ccc1Br. The largest absolute Gasteiger partial charge is 0.489 e. The van der Waals surface area contributed by atoms with E-state index >= 15 is 0 Å². The van der Waals surface area contributed by atoms with Crippen molar-refractivity contribution in [2.75, 3.05) is 7.05 Å². The second kappa shape index (κ2) is 7.09. The molecule has 0 saturated carbocycles. The maximum atomic E-state index is 8.75. The van der Waals surface area contributed by atoms with Gasteiger partial charge in [0.05, 0.1) is 11.6 Å². The Labute approximate surface area is 127 Å². The Bertz CT molecular complexity index is 617. The zero-order valence-corrected chi connectivity index (χ0v) is 12.8. The van der Waals surface area contributed by atoms with Gasteiger partial charge in [-0.25, -0.2) is 0 Å². The first-order valence-electron chi connectivity index (χ1n) is 6.28. The van der Waals surface area contributed by atoms with E-state index in [2.05, 4.69) is 27.3 Å². The van der Waals surface area contributed by atoms with Crippen LogP contribution in [0.3, 0.4) is 0 Å². The molecule has 0 unspecified atom stereocenters. The Kier molecular flexibility index (Phi) is 5.16. The maximum absolute atomic E-state index is 8.75. The maximum Gasteiger partial charge on any atom is 0.120 e. The zero-order valence-electron chi connectivity index (χ0n) is 11.2. The van der Waals surface area contributed by atoms with Crippen LogP contribution < -0.4 is 10.1 Å². The fourth-order valence-corrected chi connectivity index (χ4v) is 2.20. The molecule has 0 heterocycles. The van der Waals surface area contributed by atoms with Crippen LogP contribution in [-0.4, -0.2) is 7.05 Å². The average Bonchev–Trinajstić information content (AvgIpc) is 2.49. The van der Waals surface area contributed by atoms with Crippen molar-refractivity contribution in [1.29, 1.82) is 5.26 Å². The molecule has 0 saturated heterocycles. The van der Waals surface area contributed by atoms with Crippen LogP contribution in [0.5, 0.6) is 5.75 Å². The smallest absolute Gasteiger partial charge is 0.120 e. The molecule has 0 aliphatic heterocycles. The summed E-state index contributed by atoms with van der Waals surface area (Å²) >= 11 is 3.52. The number of halogens is 1. The molecule has 0 bridgehead atoms. The van der Waals surface area contributed by atoms with Crippen molar-refractivity contribution in [3.05, 3.63) is 63.6 Å². The number of benzene rings is 2. The van der Waals surface area contributed by atoms with Gasteiger partial charge in [-0.2, -0.15) is 5.26 Å². The van der Waals surface area contributed by atoms with E-state index in [-0.39, 0.29) is 0 Å². The summed E-state index contributed by atoms with van der Waals surface area (Å²) in [6.07, 6.45) is 0. The molecule has 0 amide bonds. The minimum Gasteiger partial charge on any atom is -0.489 e. The molecule has 0 aliphatic carbocycles. The van der Waals surface area contributed by atoms with E-state index in [1.54, 1.807) is 12.1 Å². The van der Waals surface area contributed by atoms with Gasteiger partial charge in [0.1, 0.15) is 12.4 Å². The van der Waals surface area contributed by atoms with Crippen LogP contribution in [0.1, 0.15) is 16.7 Å². The molecule has 0 atom stereocenters. The zero-order chi connectivity index (χ0) is 14.4. The summed E-state index contributed by atoms with van der Waals surface area (Å²) in [7, 11) is 1.91. The standard InChI is InChI=1S/C16H15BrN2O/c1-19-10-14-8-15(6-7-16(14)17)20-11-13-4-2-12(9-18)3-5-13/h2-8,19H,10-11H2,1H3. The topological polar surface area (TPSA) is 45.0 Å². The molecule has 0 spiro atoms. The molecule has 20 heavy (non-hydrogen) atoms. The Morgan fingerprint density at radius 2 is 1.95 bits per heavy atom. The van der Waals surface area contributed by atoms with Crippen molar-refractivity contribution in [1.82, 2.24) is 5.32 Å². The first-order chi connectivity index (χ1) is 9.72. The number of nitrogens with one attached hydrogen (secondary N) is 1. The lowest BCUT2D eigenvalue weighted by Crippen LogP contribution is -2.06. The quantitative estimate of drug-likeness (QED) is 0.910. The number of nitrogens with zero attached hydrogens (tertiary/aromatic N) is 1. The second-order valence-corrected chi connectivity index (χ2v) is 5.24.